The van der Waals surface area contributed by atoms with Crippen molar-refractivity contribution in [2.24, 2.45) is 0 Å². The highest BCUT2D eigenvalue weighted by Gasteiger charge is 2.29. The summed E-state index contributed by atoms with van der Waals surface area (Å²) in [5, 5.41) is 3.56. The van der Waals surface area contributed by atoms with Crippen molar-refractivity contribution in [3.05, 3.63) is 81.7 Å². The molecule has 2 aromatic carbocycles. The summed E-state index contributed by atoms with van der Waals surface area (Å²) in [6.07, 6.45) is 0.968. The molecule has 1 aromatic heterocycles. The first-order valence-corrected chi connectivity index (χ1v) is 11.9. The standard InChI is InChI=1S/C26H28N2O4S/c1-3-32-26(30)24-21-13-14-28(16-19-7-5-4-6-8-19)17-22(21)33-25(24)27-23(29)15-18-9-11-20(31-2)12-10-18/h4-12H,3,13-17H2,1-2H3,(H,27,29). The molecule has 0 atom stereocenters. The van der Waals surface area contributed by atoms with E-state index in [9.17, 15) is 9.59 Å². The summed E-state index contributed by atoms with van der Waals surface area (Å²) in [4.78, 5) is 29.1. The van der Waals surface area contributed by atoms with E-state index in [2.05, 4.69) is 22.3 Å². The van der Waals surface area contributed by atoms with Crippen LogP contribution in [-0.4, -0.2) is 37.0 Å². The number of fused-ring (bicyclic) bond motifs is 1. The Morgan fingerprint density at radius 3 is 2.52 bits per heavy atom. The predicted octanol–water partition coefficient (Wildman–Crippen LogP) is 4.67. The van der Waals surface area contributed by atoms with Crippen LogP contribution in [0.15, 0.2) is 54.6 Å². The van der Waals surface area contributed by atoms with Crippen LogP contribution in [0.5, 0.6) is 5.75 Å². The third-order valence-corrected chi connectivity index (χ3v) is 6.77. The van der Waals surface area contributed by atoms with E-state index in [0.29, 0.717) is 17.2 Å². The minimum atomic E-state index is -0.369. The summed E-state index contributed by atoms with van der Waals surface area (Å²) < 4.78 is 10.5. The molecule has 0 saturated carbocycles. The van der Waals surface area contributed by atoms with Crippen LogP contribution < -0.4 is 10.1 Å². The Morgan fingerprint density at radius 2 is 1.82 bits per heavy atom. The van der Waals surface area contributed by atoms with Crippen LogP contribution >= 0.6 is 11.3 Å². The van der Waals surface area contributed by atoms with Gasteiger partial charge in [0.1, 0.15) is 10.8 Å². The zero-order valence-corrected chi connectivity index (χ0v) is 19.7. The van der Waals surface area contributed by atoms with Gasteiger partial charge in [0.2, 0.25) is 5.91 Å². The first-order chi connectivity index (χ1) is 16.1. The van der Waals surface area contributed by atoms with Gasteiger partial charge < -0.3 is 14.8 Å². The van der Waals surface area contributed by atoms with E-state index in [4.69, 9.17) is 9.47 Å². The average molecular weight is 465 g/mol. The Labute approximate surface area is 198 Å². The largest absolute Gasteiger partial charge is 0.497 e. The predicted molar refractivity (Wildman–Crippen MR) is 130 cm³/mol. The third kappa shape index (κ3) is 5.61. The molecule has 7 heteroatoms. The average Bonchev–Trinajstić information content (AvgIpc) is 3.17. The number of nitrogens with one attached hydrogen (secondary N) is 1. The number of carbonyl (C=O) groups is 2. The van der Waals surface area contributed by atoms with E-state index >= 15 is 0 Å². The molecule has 1 aliphatic rings. The smallest absolute Gasteiger partial charge is 0.341 e. The molecule has 0 spiro atoms. The molecule has 4 rings (SSSR count). The third-order valence-electron chi connectivity index (χ3n) is 5.64. The minimum Gasteiger partial charge on any atom is -0.497 e. The maximum atomic E-state index is 12.8. The molecule has 0 saturated heterocycles. The van der Waals surface area contributed by atoms with E-state index in [1.807, 2.05) is 42.5 Å². The van der Waals surface area contributed by atoms with Crippen LogP contribution in [0.4, 0.5) is 5.00 Å². The number of thiophene rings is 1. The normalized spacial score (nSPS) is 13.3. The summed E-state index contributed by atoms with van der Waals surface area (Å²) in [6.45, 7) is 4.54. The number of hydrogen-bond acceptors (Lipinski definition) is 6. The Morgan fingerprint density at radius 1 is 1.06 bits per heavy atom. The van der Waals surface area contributed by atoms with Crippen molar-refractivity contribution in [1.82, 2.24) is 4.90 Å². The lowest BCUT2D eigenvalue weighted by molar-refractivity contribution is -0.115. The number of nitrogens with zero attached hydrogens (tertiary/aromatic N) is 1. The molecule has 3 aromatic rings. The number of carbonyl (C=O) groups excluding carboxylic acids is 2. The first-order valence-electron chi connectivity index (χ1n) is 11.1. The monoisotopic (exact) mass is 464 g/mol. The van der Waals surface area contributed by atoms with Crippen LogP contribution in [0.25, 0.3) is 0 Å². The number of esters is 1. The summed E-state index contributed by atoms with van der Waals surface area (Å²) in [5.74, 6) is 0.214. The molecule has 1 aliphatic heterocycles. The molecule has 0 radical (unpaired) electrons. The molecular weight excluding hydrogens is 436 g/mol. The van der Waals surface area contributed by atoms with Gasteiger partial charge in [-0.1, -0.05) is 42.5 Å². The van der Waals surface area contributed by atoms with Gasteiger partial charge in [-0.3, -0.25) is 9.69 Å². The number of rotatable bonds is 8. The van der Waals surface area contributed by atoms with Gasteiger partial charge in [0.25, 0.3) is 0 Å². The Bertz CT molecular complexity index is 1110. The maximum absolute atomic E-state index is 12.8. The molecule has 0 unspecified atom stereocenters. The fourth-order valence-electron chi connectivity index (χ4n) is 4.04. The van der Waals surface area contributed by atoms with E-state index in [0.717, 1.165) is 47.8 Å². The second kappa shape index (κ2) is 10.6. The van der Waals surface area contributed by atoms with Gasteiger partial charge in [-0.05, 0) is 42.2 Å². The molecule has 6 nitrogen and oxygen atoms in total. The van der Waals surface area contributed by atoms with Crippen molar-refractivity contribution in [3.63, 3.8) is 0 Å². The Balaban J connectivity index is 1.52. The number of benzene rings is 2. The zero-order valence-electron chi connectivity index (χ0n) is 18.9. The van der Waals surface area contributed by atoms with Crippen LogP contribution in [0.2, 0.25) is 0 Å². The molecular formula is C26H28N2O4S. The van der Waals surface area contributed by atoms with E-state index in [1.165, 1.54) is 16.9 Å². The van der Waals surface area contributed by atoms with Crippen LogP contribution in [0, 0.1) is 0 Å². The van der Waals surface area contributed by atoms with E-state index in [-0.39, 0.29) is 18.3 Å². The highest BCUT2D eigenvalue weighted by atomic mass is 32.1. The van der Waals surface area contributed by atoms with Gasteiger partial charge >= 0.3 is 5.97 Å². The molecule has 2 heterocycles. The van der Waals surface area contributed by atoms with Gasteiger partial charge in [0, 0.05) is 24.5 Å². The topological polar surface area (TPSA) is 67.9 Å². The van der Waals surface area contributed by atoms with Gasteiger partial charge in [0.05, 0.1) is 25.7 Å². The van der Waals surface area contributed by atoms with Crippen LogP contribution in [0.1, 0.15) is 38.8 Å². The van der Waals surface area contributed by atoms with Crippen molar-refractivity contribution in [3.8, 4) is 5.75 Å². The van der Waals surface area contributed by atoms with Crippen molar-refractivity contribution in [2.45, 2.75) is 32.9 Å². The van der Waals surface area contributed by atoms with Crippen LogP contribution in [-0.2, 0) is 35.5 Å². The van der Waals surface area contributed by atoms with Gasteiger partial charge in [0.15, 0.2) is 0 Å². The maximum Gasteiger partial charge on any atom is 0.341 e. The number of hydrogen-bond donors (Lipinski definition) is 1. The van der Waals surface area contributed by atoms with Crippen molar-refractivity contribution in [1.29, 1.82) is 0 Å². The molecule has 1 N–H and O–H groups in total. The van der Waals surface area contributed by atoms with E-state index in [1.54, 1.807) is 14.0 Å². The molecule has 1 amide bonds. The highest BCUT2D eigenvalue weighted by molar-refractivity contribution is 7.17. The molecule has 0 aliphatic carbocycles. The Hall–Kier alpha value is -3.16. The number of ether oxygens (including phenoxy) is 2. The summed E-state index contributed by atoms with van der Waals surface area (Å²) >= 11 is 1.48. The fourth-order valence-corrected chi connectivity index (χ4v) is 5.33. The Kier molecular flexibility index (Phi) is 7.42. The minimum absolute atomic E-state index is 0.162. The quantitative estimate of drug-likeness (QED) is 0.491. The summed E-state index contributed by atoms with van der Waals surface area (Å²) in [7, 11) is 1.61. The van der Waals surface area contributed by atoms with Gasteiger partial charge in [-0.25, -0.2) is 4.79 Å². The second-order valence-corrected chi connectivity index (χ2v) is 9.05. The molecule has 172 valence electrons. The van der Waals surface area contributed by atoms with Gasteiger partial charge in [-0.15, -0.1) is 11.3 Å². The summed E-state index contributed by atoms with van der Waals surface area (Å²) in [6, 6.07) is 17.8. The van der Waals surface area contributed by atoms with E-state index < -0.39 is 0 Å². The lowest BCUT2D eigenvalue weighted by atomic mass is 10.0. The zero-order chi connectivity index (χ0) is 23.2. The SMILES string of the molecule is CCOC(=O)c1c(NC(=O)Cc2ccc(OC)cc2)sc2c1CCN(Cc1ccccc1)C2. The number of methoxy groups -OCH3 is 1. The molecule has 0 bridgehead atoms. The van der Waals surface area contributed by atoms with Crippen molar-refractivity contribution < 1.29 is 19.1 Å². The van der Waals surface area contributed by atoms with Gasteiger partial charge in [-0.2, -0.15) is 0 Å². The van der Waals surface area contributed by atoms with Crippen molar-refractivity contribution >= 4 is 28.2 Å². The van der Waals surface area contributed by atoms with Crippen molar-refractivity contribution in [2.75, 3.05) is 25.6 Å². The number of amides is 1. The molecule has 33 heavy (non-hydrogen) atoms. The lowest BCUT2D eigenvalue weighted by Crippen LogP contribution is -2.30. The molecule has 0 fully saturated rings. The fraction of sp³-hybridized carbons (Fsp3) is 0.308. The second-order valence-electron chi connectivity index (χ2n) is 7.95. The summed E-state index contributed by atoms with van der Waals surface area (Å²) in [5.41, 5.74) is 3.65. The number of anilines is 1. The first kappa shape index (κ1) is 23.0. The highest BCUT2D eigenvalue weighted by Crippen LogP contribution is 2.38. The lowest BCUT2D eigenvalue weighted by Gasteiger charge is -2.27. The van der Waals surface area contributed by atoms with Crippen LogP contribution in [0.3, 0.4) is 0 Å².